The average Bonchev–Trinajstić information content (AvgIpc) is 2.46. The SMILES string of the molecule is Nc1cc2c(cc1N1CCC(CO)CC1)CCC(=O)N2. The van der Waals surface area contributed by atoms with Gasteiger partial charge >= 0.3 is 0 Å². The molecule has 3 rings (SSSR count). The van der Waals surface area contributed by atoms with Crippen LogP contribution in [0, 0.1) is 5.92 Å². The van der Waals surface area contributed by atoms with Crippen molar-refractivity contribution in [3.05, 3.63) is 17.7 Å². The zero-order valence-electron chi connectivity index (χ0n) is 11.6. The molecule has 1 saturated heterocycles. The number of rotatable bonds is 2. The van der Waals surface area contributed by atoms with Gasteiger partial charge in [0.25, 0.3) is 0 Å². The van der Waals surface area contributed by atoms with Crippen molar-refractivity contribution in [3.63, 3.8) is 0 Å². The number of piperidine rings is 1. The van der Waals surface area contributed by atoms with Crippen molar-refractivity contribution in [2.75, 3.05) is 35.6 Å². The maximum atomic E-state index is 11.4. The van der Waals surface area contributed by atoms with Gasteiger partial charge in [-0.3, -0.25) is 4.79 Å². The molecule has 5 nitrogen and oxygen atoms in total. The van der Waals surface area contributed by atoms with Gasteiger partial charge in [-0.05, 0) is 42.9 Å². The number of amides is 1. The molecule has 1 amide bonds. The van der Waals surface area contributed by atoms with E-state index >= 15 is 0 Å². The van der Waals surface area contributed by atoms with E-state index in [2.05, 4.69) is 16.3 Å². The molecular weight excluding hydrogens is 254 g/mol. The zero-order valence-corrected chi connectivity index (χ0v) is 11.6. The van der Waals surface area contributed by atoms with Crippen molar-refractivity contribution in [2.24, 2.45) is 5.92 Å². The Labute approximate surface area is 118 Å². The minimum Gasteiger partial charge on any atom is -0.397 e. The van der Waals surface area contributed by atoms with Crippen LogP contribution in [0.25, 0.3) is 0 Å². The number of carbonyl (C=O) groups is 1. The van der Waals surface area contributed by atoms with Crippen LogP contribution in [-0.4, -0.2) is 30.7 Å². The highest BCUT2D eigenvalue weighted by molar-refractivity contribution is 5.95. The van der Waals surface area contributed by atoms with Gasteiger partial charge in [-0.1, -0.05) is 0 Å². The second-order valence-corrected chi connectivity index (χ2v) is 5.73. The van der Waals surface area contributed by atoms with Crippen LogP contribution in [0.4, 0.5) is 17.1 Å². The first kappa shape index (κ1) is 13.2. The van der Waals surface area contributed by atoms with Crippen LogP contribution in [0.3, 0.4) is 0 Å². The molecule has 2 aliphatic heterocycles. The number of aliphatic hydroxyl groups is 1. The van der Waals surface area contributed by atoms with Gasteiger partial charge in [0.05, 0.1) is 11.4 Å². The number of aryl methyl sites for hydroxylation is 1. The molecule has 0 atom stereocenters. The third-order valence-corrected chi connectivity index (χ3v) is 4.36. The summed E-state index contributed by atoms with van der Waals surface area (Å²) < 4.78 is 0. The quantitative estimate of drug-likeness (QED) is 0.712. The number of benzene rings is 1. The summed E-state index contributed by atoms with van der Waals surface area (Å²) in [6.07, 6.45) is 3.33. The first-order valence-corrected chi connectivity index (χ1v) is 7.25. The fourth-order valence-electron chi connectivity index (χ4n) is 3.06. The van der Waals surface area contributed by atoms with Gasteiger partial charge in [0.15, 0.2) is 0 Å². The number of anilines is 3. The molecule has 5 heteroatoms. The summed E-state index contributed by atoms with van der Waals surface area (Å²) in [5, 5.41) is 12.1. The number of nitrogens with two attached hydrogens (primary N) is 1. The molecule has 4 N–H and O–H groups in total. The van der Waals surface area contributed by atoms with E-state index in [0.29, 0.717) is 18.0 Å². The van der Waals surface area contributed by atoms with Crippen LogP contribution in [0.15, 0.2) is 12.1 Å². The highest BCUT2D eigenvalue weighted by Crippen LogP contribution is 2.34. The lowest BCUT2D eigenvalue weighted by Gasteiger charge is -2.34. The van der Waals surface area contributed by atoms with Gasteiger partial charge in [-0.2, -0.15) is 0 Å². The van der Waals surface area contributed by atoms with Crippen LogP contribution in [-0.2, 0) is 11.2 Å². The Kier molecular flexibility index (Phi) is 3.53. The Bertz CT molecular complexity index is 522. The number of aliphatic hydroxyl groups excluding tert-OH is 1. The van der Waals surface area contributed by atoms with Crippen molar-refractivity contribution in [2.45, 2.75) is 25.7 Å². The summed E-state index contributed by atoms with van der Waals surface area (Å²) in [5.41, 5.74) is 9.95. The van der Waals surface area contributed by atoms with E-state index < -0.39 is 0 Å². The molecule has 0 aromatic heterocycles. The van der Waals surface area contributed by atoms with Crippen LogP contribution in [0.1, 0.15) is 24.8 Å². The number of carbonyl (C=O) groups excluding carboxylic acids is 1. The second kappa shape index (κ2) is 5.32. The van der Waals surface area contributed by atoms with E-state index in [1.807, 2.05) is 6.07 Å². The highest BCUT2D eigenvalue weighted by Gasteiger charge is 2.22. The number of hydrogen-bond acceptors (Lipinski definition) is 4. The molecule has 1 fully saturated rings. The first-order valence-electron chi connectivity index (χ1n) is 7.25. The van der Waals surface area contributed by atoms with Crippen LogP contribution in [0.5, 0.6) is 0 Å². The van der Waals surface area contributed by atoms with E-state index in [9.17, 15) is 9.90 Å². The number of nitrogen functional groups attached to an aromatic ring is 1. The molecule has 0 aliphatic carbocycles. The van der Waals surface area contributed by atoms with Gasteiger partial charge in [0.2, 0.25) is 5.91 Å². The van der Waals surface area contributed by atoms with E-state index in [4.69, 9.17) is 5.73 Å². The van der Waals surface area contributed by atoms with Crippen molar-refractivity contribution in [3.8, 4) is 0 Å². The minimum atomic E-state index is 0.0633. The molecule has 2 aliphatic rings. The lowest BCUT2D eigenvalue weighted by molar-refractivity contribution is -0.116. The van der Waals surface area contributed by atoms with E-state index in [1.165, 1.54) is 0 Å². The molecule has 0 bridgehead atoms. The second-order valence-electron chi connectivity index (χ2n) is 5.73. The Morgan fingerprint density at radius 2 is 2.05 bits per heavy atom. The summed E-state index contributed by atoms with van der Waals surface area (Å²) in [5.74, 6) is 0.484. The molecule has 2 heterocycles. The highest BCUT2D eigenvalue weighted by atomic mass is 16.3. The van der Waals surface area contributed by atoms with Gasteiger partial charge in [0, 0.05) is 31.8 Å². The molecule has 0 radical (unpaired) electrons. The predicted molar refractivity (Wildman–Crippen MR) is 79.8 cm³/mol. The van der Waals surface area contributed by atoms with Crippen molar-refractivity contribution in [1.82, 2.24) is 0 Å². The Hall–Kier alpha value is -1.75. The smallest absolute Gasteiger partial charge is 0.224 e. The van der Waals surface area contributed by atoms with Crippen molar-refractivity contribution >= 4 is 23.0 Å². The van der Waals surface area contributed by atoms with Crippen molar-refractivity contribution in [1.29, 1.82) is 0 Å². The Balaban J connectivity index is 1.82. The van der Waals surface area contributed by atoms with Crippen LogP contribution >= 0.6 is 0 Å². The number of nitrogens with zero attached hydrogens (tertiary/aromatic N) is 1. The summed E-state index contributed by atoms with van der Waals surface area (Å²) >= 11 is 0. The number of hydrogen-bond donors (Lipinski definition) is 3. The van der Waals surface area contributed by atoms with Gasteiger partial charge in [0.1, 0.15) is 0 Å². The summed E-state index contributed by atoms with van der Waals surface area (Å²) in [6, 6.07) is 3.99. The molecule has 1 aromatic rings. The monoisotopic (exact) mass is 275 g/mol. The van der Waals surface area contributed by atoms with E-state index in [-0.39, 0.29) is 12.5 Å². The molecule has 1 aromatic carbocycles. The van der Waals surface area contributed by atoms with E-state index in [0.717, 1.165) is 49.3 Å². The fourth-order valence-corrected chi connectivity index (χ4v) is 3.06. The van der Waals surface area contributed by atoms with Crippen LogP contribution < -0.4 is 16.0 Å². The minimum absolute atomic E-state index is 0.0633. The predicted octanol–water partition coefficient (Wildman–Crippen LogP) is 1.36. The maximum Gasteiger partial charge on any atom is 0.224 e. The molecule has 0 unspecified atom stereocenters. The third kappa shape index (κ3) is 2.45. The topological polar surface area (TPSA) is 78.6 Å². The van der Waals surface area contributed by atoms with Gasteiger partial charge in [-0.15, -0.1) is 0 Å². The fraction of sp³-hybridized carbons (Fsp3) is 0.533. The number of fused-ring (bicyclic) bond motifs is 1. The van der Waals surface area contributed by atoms with Gasteiger partial charge < -0.3 is 21.1 Å². The molecular formula is C15H21N3O2. The largest absolute Gasteiger partial charge is 0.397 e. The van der Waals surface area contributed by atoms with Gasteiger partial charge in [-0.25, -0.2) is 0 Å². The zero-order chi connectivity index (χ0) is 14.1. The average molecular weight is 275 g/mol. The summed E-state index contributed by atoms with van der Waals surface area (Å²) in [7, 11) is 0. The van der Waals surface area contributed by atoms with Crippen molar-refractivity contribution < 1.29 is 9.90 Å². The Morgan fingerprint density at radius 3 is 2.75 bits per heavy atom. The Morgan fingerprint density at radius 1 is 1.30 bits per heavy atom. The summed E-state index contributed by atoms with van der Waals surface area (Å²) in [6.45, 7) is 2.14. The molecule has 0 saturated carbocycles. The lowest BCUT2D eigenvalue weighted by Crippen LogP contribution is -2.35. The first-order chi connectivity index (χ1) is 9.67. The lowest BCUT2D eigenvalue weighted by atomic mass is 9.96. The standard InChI is InChI=1S/C15H21N3O2/c16-12-8-13-11(1-2-15(20)17-13)7-14(12)18-5-3-10(9-19)4-6-18/h7-8,10,19H,1-6,9,16H2,(H,17,20). The van der Waals surface area contributed by atoms with Crippen LogP contribution in [0.2, 0.25) is 0 Å². The summed E-state index contributed by atoms with van der Waals surface area (Å²) in [4.78, 5) is 13.7. The molecule has 20 heavy (non-hydrogen) atoms. The molecule has 108 valence electrons. The van der Waals surface area contributed by atoms with E-state index in [1.54, 1.807) is 0 Å². The number of nitrogens with one attached hydrogen (secondary N) is 1. The third-order valence-electron chi connectivity index (χ3n) is 4.36. The maximum absolute atomic E-state index is 11.4. The normalized spacial score (nSPS) is 19.6. The molecule has 0 spiro atoms.